The summed E-state index contributed by atoms with van der Waals surface area (Å²) in [6.07, 6.45) is 0. The summed E-state index contributed by atoms with van der Waals surface area (Å²) >= 11 is 9.53. The van der Waals surface area contributed by atoms with Crippen LogP contribution in [0.15, 0.2) is 36.4 Å². The van der Waals surface area contributed by atoms with E-state index in [1.165, 1.54) is 0 Å². The summed E-state index contributed by atoms with van der Waals surface area (Å²) in [6.45, 7) is 1.92. The fourth-order valence-corrected chi connectivity index (χ4v) is 2.40. The van der Waals surface area contributed by atoms with Gasteiger partial charge in [-0.15, -0.1) is 0 Å². The number of anilines is 1. The van der Waals surface area contributed by atoms with E-state index in [2.05, 4.69) is 60.8 Å². The molecule has 0 bridgehead atoms. The van der Waals surface area contributed by atoms with Crippen LogP contribution in [0.2, 0.25) is 0 Å². The van der Waals surface area contributed by atoms with Gasteiger partial charge in [0, 0.05) is 12.7 Å². The zero-order chi connectivity index (χ0) is 15.4. The summed E-state index contributed by atoms with van der Waals surface area (Å²) in [5.74, 6) is 0.368. The van der Waals surface area contributed by atoms with E-state index >= 15 is 0 Å². The lowest BCUT2D eigenvalue weighted by atomic mass is 10.2. The maximum atomic E-state index is 12.0. The van der Waals surface area contributed by atoms with Crippen molar-refractivity contribution in [1.82, 2.24) is 10.3 Å². The number of hydrogen-bond donors (Lipinski definition) is 2. The van der Waals surface area contributed by atoms with Crippen LogP contribution >= 0.6 is 57.4 Å². The highest BCUT2D eigenvalue weighted by molar-refractivity contribution is 14.1. The second-order valence-electron chi connectivity index (χ2n) is 4.18. The first-order chi connectivity index (χ1) is 9.95. The number of pyridine rings is 1. The number of hydrogen-bond acceptors (Lipinski definition) is 3. The zero-order valence-corrected chi connectivity index (χ0v) is 16.1. The minimum absolute atomic E-state index is 0.228. The molecule has 0 fully saturated rings. The Balaban J connectivity index is 1.99. The number of aromatic nitrogens is 1. The van der Waals surface area contributed by atoms with Gasteiger partial charge in [-0.05, 0) is 101 Å². The van der Waals surface area contributed by atoms with Gasteiger partial charge in [0.25, 0.3) is 5.91 Å². The lowest BCUT2D eigenvalue weighted by Gasteiger charge is -2.10. The molecule has 2 aromatic rings. The summed E-state index contributed by atoms with van der Waals surface area (Å²) in [7, 11) is 0. The summed E-state index contributed by atoms with van der Waals surface area (Å²) < 4.78 is 2.15. The van der Waals surface area contributed by atoms with Gasteiger partial charge in [0.05, 0.1) is 5.69 Å². The van der Waals surface area contributed by atoms with E-state index in [0.717, 1.165) is 12.8 Å². The second kappa shape index (κ2) is 7.45. The maximum Gasteiger partial charge on any atom is 0.257 e. The Labute approximate surface area is 155 Å². The molecule has 2 N–H and O–H groups in total. The number of nitrogens with one attached hydrogen (secondary N) is 2. The molecule has 108 valence electrons. The molecule has 0 aliphatic heterocycles. The molecule has 1 aromatic heterocycles. The van der Waals surface area contributed by atoms with Crippen LogP contribution in [-0.4, -0.2) is 16.0 Å². The Bertz CT molecular complexity index is 689. The predicted molar refractivity (Wildman–Crippen MR) is 105 cm³/mol. The maximum absolute atomic E-state index is 12.0. The topological polar surface area (TPSA) is 54.0 Å². The Morgan fingerprint density at radius 1 is 1.14 bits per heavy atom. The van der Waals surface area contributed by atoms with E-state index in [0.29, 0.717) is 11.4 Å². The lowest BCUT2D eigenvalue weighted by molar-refractivity contribution is 0.0977. The first kappa shape index (κ1) is 16.6. The van der Waals surface area contributed by atoms with Crippen molar-refractivity contribution in [1.29, 1.82) is 0 Å². The Kier molecular flexibility index (Phi) is 5.88. The number of thiocarbonyl (C=S) groups is 1. The molecule has 0 saturated heterocycles. The number of rotatable bonds is 2. The van der Waals surface area contributed by atoms with E-state index < -0.39 is 0 Å². The molecule has 4 nitrogen and oxygen atoms in total. The van der Waals surface area contributed by atoms with Crippen molar-refractivity contribution in [3.05, 3.63) is 54.8 Å². The largest absolute Gasteiger partial charge is 0.317 e. The van der Waals surface area contributed by atoms with E-state index in [9.17, 15) is 4.79 Å². The van der Waals surface area contributed by atoms with Crippen LogP contribution in [0.25, 0.3) is 0 Å². The van der Waals surface area contributed by atoms with Gasteiger partial charge < -0.3 is 5.32 Å². The van der Waals surface area contributed by atoms with Gasteiger partial charge in [-0.1, -0.05) is 0 Å². The van der Waals surface area contributed by atoms with Crippen molar-refractivity contribution >= 4 is 74.2 Å². The minimum atomic E-state index is -0.244. The first-order valence-corrected chi connectivity index (χ1v) is 8.53. The van der Waals surface area contributed by atoms with Gasteiger partial charge in [-0.2, -0.15) is 0 Å². The van der Waals surface area contributed by atoms with Gasteiger partial charge in [-0.25, -0.2) is 4.98 Å². The molecule has 0 aliphatic carbocycles. The number of aryl methyl sites for hydroxylation is 1. The first-order valence-electron chi connectivity index (χ1n) is 5.97. The van der Waals surface area contributed by atoms with Crippen molar-refractivity contribution in [2.45, 2.75) is 6.92 Å². The van der Waals surface area contributed by atoms with Crippen molar-refractivity contribution < 1.29 is 4.79 Å². The molecule has 1 amide bonds. The highest BCUT2D eigenvalue weighted by Crippen LogP contribution is 2.12. The molecule has 2 rings (SSSR count). The number of amides is 1. The van der Waals surface area contributed by atoms with E-state index in [-0.39, 0.29) is 11.0 Å². The molecule has 0 radical (unpaired) electrons. The Hall–Kier alpha value is -0.810. The van der Waals surface area contributed by atoms with Gasteiger partial charge >= 0.3 is 0 Å². The normalized spacial score (nSPS) is 10.0. The lowest BCUT2D eigenvalue weighted by Crippen LogP contribution is -2.34. The van der Waals surface area contributed by atoms with Crippen molar-refractivity contribution in [2.24, 2.45) is 0 Å². The molecule has 1 aromatic carbocycles. The van der Waals surface area contributed by atoms with Crippen molar-refractivity contribution in [3.63, 3.8) is 0 Å². The third-order valence-electron chi connectivity index (χ3n) is 2.60. The molecular weight excluding hydrogens is 512 g/mol. The fourth-order valence-electron chi connectivity index (χ4n) is 1.54. The summed E-state index contributed by atoms with van der Waals surface area (Å²) in [5, 5.41) is 5.77. The Morgan fingerprint density at radius 3 is 2.43 bits per heavy atom. The smallest absolute Gasteiger partial charge is 0.257 e. The third-order valence-corrected chi connectivity index (χ3v) is 4.66. The Morgan fingerprint density at radius 2 is 1.81 bits per heavy atom. The number of carbonyl (C=O) groups is 1. The molecular formula is C14H11I2N3OS. The van der Waals surface area contributed by atoms with Gasteiger partial charge in [-0.3, -0.25) is 10.1 Å². The molecule has 0 unspecified atom stereocenters. The average Bonchev–Trinajstić information content (AvgIpc) is 2.43. The minimum Gasteiger partial charge on any atom is -0.317 e. The van der Waals surface area contributed by atoms with E-state index in [4.69, 9.17) is 12.2 Å². The van der Waals surface area contributed by atoms with Crippen LogP contribution < -0.4 is 10.6 Å². The molecule has 0 saturated carbocycles. The van der Waals surface area contributed by atoms with Crippen LogP contribution in [0, 0.1) is 14.1 Å². The number of nitrogens with zero attached hydrogens (tertiary/aromatic N) is 1. The predicted octanol–water partition coefficient (Wildman–Crippen LogP) is 3.73. The van der Waals surface area contributed by atoms with Gasteiger partial charge in [0.1, 0.15) is 5.82 Å². The molecule has 0 spiro atoms. The molecule has 0 aliphatic rings. The number of halogens is 2. The van der Waals surface area contributed by atoms with Crippen LogP contribution in [0.1, 0.15) is 16.1 Å². The monoisotopic (exact) mass is 523 g/mol. The highest BCUT2D eigenvalue weighted by Gasteiger charge is 2.08. The molecule has 21 heavy (non-hydrogen) atoms. The highest BCUT2D eigenvalue weighted by atomic mass is 127. The van der Waals surface area contributed by atoms with Gasteiger partial charge in [0.2, 0.25) is 0 Å². The quantitative estimate of drug-likeness (QED) is 0.466. The second-order valence-corrected chi connectivity index (χ2v) is 6.99. The molecule has 0 atom stereocenters. The number of carbonyl (C=O) groups excluding carboxylic acids is 1. The molecule has 7 heteroatoms. The van der Waals surface area contributed by atoms with Crippen molar-refractivity contribution in [3.8, 4) is 0 Å². The zero-order valence-electron chi connectivity index (χ0n) is 11.0. The average molecular weight is 523 g/mol. The van der Waals surface area contributed by atoms with Crippen LogP contribution in [0.4, 0.5) is 5.82 Å². The summed E-state index contributed by atoms with van der Waals surface area (Å²) in [5.41, 5.74) is 1.47. The third kappa shape index (κ3) is 4.85. The van der Waals surface area contributed by atoms with Crippen LogP contribution in [0.5, 0.6) is 0 Å². The van der Waals surface area contributed by atoms with Gasteiger partial charge in [0.15, 0.2) is 5.11 Å². The SMILES string of the molecule is Cc1nc(NC(=S)NC(=O)c2ccc(I)cc2)ccc1I. The standard InChI is InChI=1S/C14H11I2N3OS/c1-8-11(16)6-7-12(17-8)18-14(21)19-13(20)9-2-4-10(15)5-3-9/h2-7H,1H3,(H2,17,18,19,20,21). The summed E-state index contributed by atoms with van der Waals surface area (Å²) in [6, 6.07) is 11.0. The summed E-state index contributed by atoms with van der Waals surface area (Å²) in [4.78, 5) is 16.4. The fraction of sp³-hybridized carbons (Fsp3) is 0.0714. The number of benzene rings is 1. The van der Waals surface area contributed by atoms with E-state index in [1.54, 1.807) is 12.1 Å². The van der Waals surface area contributed by atoms with Crippen LogP contribution in [-0.2, 0) is 0 Å². The van der Waals surface area contributed by atoms with Crippen molar-refractivity contribution in [2.75, 3.05) is 5.32 Å². The van der Waals surface area contributed by atoms with E-state index in [1.807, 2.05) is 31.2 Å². The molecule has 1 heterocycles. The van der Waals surface area contributed by atoms with Crippen LogP contribution in [0.3, 0.4) is 0 Å².